The van der Waals surface area contributed by atoms with Crippen molar-refractivity contribution in [3.8, 4) is 0 Å². The third kappa shape index (κ3) is 3.37. The van der Waals surface area contributed by atoms with E-state index in [0.29, 0.717) is 16.1 Å². The summed E-state index contributed by atoms with van der Waals surface area (Å²) in [7, 11) is 1.61. The van der Waals surface area contributed by atoms with Gasteiger partial charge in [0.05, 0.1) is 17.6 Å². The summed E-state index contributed by atoms with van der Waals surface area (Å²) in [6, 6.07) is 1.58. The number of anilines is 1. The van der Waals surface area contributed by atoms with Crippen LogP contribution in [0.15, 0.2) is 18.5 Å². The molecule has 0 aliphatic rings. The predicted octanol–water partition coefficient (Wildman–Crippen LogP) is 1.74. The van der Waals surface area contributed by atoms with E-state index in [1.807, 2.05) is 0 Å². The first-order valence-corrected chi connectivity index (χ1v) is 5.66. The zero-order valence-corrected chi connectivity index (χ0v) is 10.8. The summed E-state index contributed by atoms with van der Waals surface area (Å²) in [4.78, 5) is 11.9. The van der Waals surface area contributed by atoms with Gasteiger partial charge in [-0.2, -0.15) is 23.4 Å². The van der Waals surface area contributed by atoms with Crippen molar-refractivity contribution in [3.05, 3.63) is 29.8 Å². The second kappa shape index (κ2) is 4.99. The third-order valence-electron chi connectivity index (χ3n) is 2.47. The molecule has 1 amide bonds. The molecule has 2 rings (SSSR count). The number of carbonyl (C=O) groups excluding carboxylic acids is 1. The van der Waals surface area contributed by atoms with Gasteiger partial charge in [0.15, 0.2) is 0 Å². The van der Waals surface area contributed by atoms with Crippen LogP contribution in [-0.2, 0) is 13.6 Å². The van der Waals surface area contributed by atoms with E-state index in [2.05, 4.69) is 15.5 Å². The molecule has 2 heterocycles. The fraction of sp³-hybridized carbons (Fsp3) is 0.364. The van der Waals surface area contributed by atoms with Crippen molar-refractivity contribution in [2.75, 3.05) is 5.32 Å². The summed E-state index contributed by atoms with van der Waals surface area (Å²) < 4.78 is 38.6. The Kier molecular flexibility index (Phi) is 3.51. The molecule has 6 nitrogen and oxygen atoms in total. The lowest BCUT2D eigenvalue weighted by Gasteiger charge is -2.05. The molecule has 0 saturated carbocycles. The maximum absolute atomic E-state index is 12.2. The first-order valence-electron chi connectivity index (χ1n) is 5.66. The summed E-state index contributed by atoms with van der Waals surface area (Å²) in [5.74, 6) is -0.459. The number of hydrogen-bond donors (Lipinski definition) is 1. The second-order valence-corrected chi connectivity index (χ2v) is 4.29. The van der Waals surface area contributed by atoms with Crippen LogP contribution in [0.25, 0.3) is 0 Å². The van der Waals surface area contributed by atoms with Crippen LogP contribution in [0.5, 0.6) is 0 Å². The molecule has 0 spiro atoms. The average Bonchev–Trinajstić information content (AvgIpc) is 2.83. The van der Waals surface area contributed by atoms with Gasteiger partial charge in [0.1, 0.15) is 12.2 Å². The van der Waals surface area contributed by atoms with E-state index in [4.69, 9.17) is 0 Å². The summed E-state index contributed by atoms with van der Waals surface area (Å²) >= 11 is 0. The molecule has 2 aromatic heterocycles. The lowest BCUT2D eigenvalue weighted by Crippen LogP contribution is -2.18. The molecule has 0 atom stereocenters. The standard InChI is InChI=1S/C11H12F3N5O/c1-7-3-9(18(2)17-7)10(20)16-8-4-15-19(5-8)6-11(12,13)14/h3-5H,6H2,1-2H3,(H,16,20). The highest BCUT2D eigenvalue weighted by Gasteiger charge is 2.28. The van der Waals surface area contributed by atoms with Crippen LogP contribution in [0.4, 0.5) is 18.9 Å². The van der Waals surface area contributed by atoms with E-state index in [0.717, 1.165) is 12.4 Å². The zero-order chi connectivity index (χ0) is 14.9. The van der Waals surface area contributed by atoms with Crippen molar-refractivity contribution in [2.45, 2.75) is 19.6 Å². The highest BCUT2D eigenvalue weighted by molar-refractivity contribution is 6.02. The highest BCUT2D eigenvalue weighted by Crippen LogP contribution is 2.18. The maximum atomic E-state index is 12.2. The number of nitrogens with zero attached hydrogens (tertiary/aromatic N) is 4. The van der Waals surface area contributed by atoms with Crippen LogP contribution >= 0.6 is 0 Å². The van der Waals surface area contributed by atoms with E-state index in [1.165, 1.54) is 4.68 Å². The van der Waals surface area contributed by atoms with E-state index in [9.17, 15) is 18.0 Å². The molecule has 1 N–H and O–H groups in total. The lowest BCUT2D eigenvalue weighted by atomic mass is 10.3. The molecule has 0 unspecified atom stereocenters. The van der Waals surface area contributed by atoms with Crippen molar-refractivity contribution in [1.29, 1.82) is 0 Å². The Morgan fingerprint density at radius 1 is 1.45 bits per heavy atom. The summed E-state index contributed by atoms with van der Waals surface area (Å²) in [5, 5.41) is 10.0. The Bertz CT molecular complexity index is 628. The number of carbonyl (C=O) groups is 1. The van der Waals surface area contributed by atoms with Crippen LogP contribution < -0.4 is 5.32 Å². The number of aryl methyl sites for hydroxylation is 2. The zero-order valence-electron chi connectivity index (χ0n) is 10.8. The molecule has 0 bridgehead atoms. The van der Waals surface area contributed by atoms with Gasteiger partial charge in [0.2, 0.25) is 0 Å². The fourth-order valence-corrected chi connectivity index (χ4v) is 1.72. The van der Waals surface area contributed by atoms with Gasteiger partial charge in [-0.3, -0.25) is 14.2 Å². The van der Waals surface area contributed by atoms with Gasteiger partial charge in [-0.25, -0.2) is 0 Å². The van der Waals surface area contributed by atoms with Crippen molar-refractivity contribution in [2.24, 2.45) is 7.05 Å². The molecule has 0 radical (unpaired) electrons. The second-order valence-electron chi connectivity index (χ2n) is 4.29. The number of halogens is 3. The van der Waals surface area contributed by atoms with Crippen LogP contribution in [0.3, 0.4) is 0 Å². The number of alkyl halides is 3. The first-order chi connectivity index (χ1) is 9.24. The fourth-order valence-electron chi connectivity index (χ4n) is 1.72. The Labute approximate surface area is 112 Å². The number of rotatable bonds is 3. The summed E-state index contributed by atoms with van der Waals surface area (Å²) in [6.07, 6.45) is -2.08. The molecule has 0 aliphatic carbocycles. The molecule has 2 aromatic rings. The van der Waals surface area contributed by atoms with Gasteiger partial charge in [-0.1, -0.05) is 0 Å². The van der Waals surface area contributed by atoms with Gasteiger partial charge in [-0.05, 0) is 13.0 Å². The molecule has 9 heteroatoms. The quantitative estimate of drug-likeness (QED) is 0.935. The van der Waals surface area contributed by atoms with Crippen molar-refractivity contribution < 1.29 is 18.0 Å². The average molecular weight is 287 g/mol. The third-order valence-corrected chi connectivity index (χ3v) is 2.47. The van der Waals surface area contributed by atoms with E-state index in [1.54, 1.807) is 20.0 Å². The van der Waals surface area contributed by atoms with Gasteiger partial charge in [0, 0.05) is 13.2 Å². The SMILES string of the molecule is Cc1cc(C(=O)Nc2cnn(CC(F)(F)F)c2)n(C)n1. The molecule has 0 aliphatic heterocycles. The first kappa shape index (κ1) is 14.1. The maximum Gasteiger partial charge on any atom is 0.408 e. The molecule has 0 fully saturated rings. The molecule has 20 heavy (non-hydrogen) atoms. The normalized spacial score (nSPS) is 11.7. The largest absolute Gasteiger partial charge is 0.408 e. The van der Waals surface area contributed by atoms with Gasteiger partial charge < -0.3 is 5.32 Å². The molecule has 0 aromatic carbocycles. The van der Waals surface area contributed by atoms with E-state index >= 15 is 0 Å². The Morgan fingerprint density at radius 3 is 2.70 bits per heavy atom. The molecular weight excluding hydrogens is 275 g/mol. The minimum absolute atomic E-state index is 0.193. The predicted molar refractivity (Wildman–Crippen MR) is 64.2 cm³/mol. The van der Waals surface area contributed by atoms with Gasteiger partial charge >= 0.3 is 6.18 Å². The van der Waals surface area contributed by atoms with Crippen LogP contribution in [0, 0.1) is 6.92 Å². The van der Waals surface area contributed by atoms with Crippen molar-refractivity contribution >= 4 is 11.6 Å². The molecule has 0 saturated heterocycles. The van der Waals surface area contributed by atoms with Crippen LogP contribution in [0.2, 0.25) is 0 Å². The number of amides is 1. The summed E-state index contributed by atoms with van der Waals surface area (Å²) in [6.45, 7) is 0.534. The highest BCUT2D eigenvalue weighted by atomic mass is 19.4. The Morgan fingerprint density at radius 2 is 2.15 bits per heavy atom. The number of nitrogens with one attached hydrogen (secondary N) is 1. The molecular formula is C11H12F3N5O. The van der Waals surface area contributed by atoms with Crippen LogP contribution in [0.1, 0.15) is 16.2 Å². The smallest absolute Gasteiger partial charge is 0.318 e. The molecule has 108 valence electrons. The van der Waals surface area contributed by atoms with Crippen LogP contribution in [-0.4, -0.2) is 31.6 Å². The minimum atomic E-state index is -4.35. The Balaban J connectivity index is 2.07. The topological polar surface area (TPSA) is 64.7 Å². The minimum Gasteiger partial charge on any atom is -0.318 e. The number of hydrogen-bond acceptors (Lipinski definition) is 3. The van der Waals surface area contributed by atoms with E-state index in [-0.39, 0.29) is 5.69 Å². The summed E-state index contributed by atoms with van der Waals surface area (Å²) in [5.41, 5.74) is 1.18. The number of aromatic nitrogens is 4. The van der Waals surface area contributed by atoms with Gasteiger partial charge in [0.25, 0.3) is 5.91 Å². The van der Waals surface area contributed by atoms with Gasteiger partial charge in [-0.15, -0.1) is 0 Å². The monoisotopic (exact) mass is 287 g/mol. The lowest BCUT2D eigenvalue weighted by molar-refractivity contribution is -0.142. The Hall–Kier alpha value is -2.32. The van der Waals surface area contributed by atoms with Crippen molar-refractivity contribution in [3.63, 3.8) is 0 Å². The van der Waals surface area contributed by atoms with Crippen molar-refractivity contribution in [1.82, 2.24) is 19.6 Å². The van der Waals surface area contributed by atoms with E-state index < -0.39 is 18.6 Å².